The van der Waals surface area contributed by atoms with E-state index in [9.17, 15) is 4.79 Å². The average molecular weight is 219 g/mol. The number of nitrogens with zero attached hydrogens (tertiary/aromatic N) is 1. The van der Waals surface area contributed by atoms with Gasteiger partial charge in [-0.25, -0.2) is 0 Å². The van der Waals surface area contributed by atoms with E-state index in [4.69, 9.17) is 11.5 Å². The zero-order valence-electron chi connectivity index (χ0n) is 7.81. The summed E-state index contributed by atoms with van der Waals surface area (Å²) in [7, 11) is 0. The highest BCUT2D eigenvalue weighted by atomic mass is 32.1. The van der Waals surface area contributed by atoms with Crippen LogP contribution in [0.25, 0.3) is 10.6 Å². The van der Waals surface area contributed by atoms with Gasteiger partial charge >= 0.3 is 0 Å². The number of primary amides is 1. The number of thiophene rings is 1. The number of nitrogens with two attached hydrogens (primary N) is 2. The minimum Gasteiger partial charge on any atom is -0.397 e. The van der Waals surface area contributed by atoms with Crippen molar-refractivity contribution in [1.82, 2.24) is 4.98 Å². The smallest absolute Gasteiger partial charge is 0.252 e. The molecule has 76 valence electrons. The lowest BCUT2D eigenvalue weighted by Crippen LogP contribution is -2.13. The summed E-state index contributed by atoms with van der Waals surface area (Å²) in [6.45, 7) is 0. The number of carbonyl (C=O) groups is 1. The van der Waals surface area contributed by atoms with Gasteiger partial charge in [-0.05, 0) is 12.1 Å². The van der Waals surface area contributed by atoms with Crippen molar-refractivity contribution in [2.45, 2.75) is 0 Å². The largest absolute Gasteiger partial charge is 0.397 e. The number of aromatic nitrogens is 1. The molecule has 2 rings (SSSR count). The third-order valence-electron chi connectivity index (χ3n) is 1.96. The van der Waals surface area contributed by atoms with Crippen molar-refractivity contribution >= 4 is 22.9 Å². The molecule has 0 bridgehead atoms. The van der Waals surface area contributed by atoms with Gasteiger partial charge in [0.1, 0.15) is 0 Å². The van der Waals surface area contributed by atoms with Gasteiger partial charge in [-0.15, -0.1) is 11.3 Å². The van der Waals surface area contributed by atoms with Crippen LogP contribution >= 0.6 is 11.3 Å². The van der Waals surface area contributed by atoms with Crippen LogP contribution < -0.4 is 11.5 Å². The first-order chi connectivity index (χ1) is 7.20. The molecule has 0 aromatic carbocycles. The van der Waals surface area contributed by atoms with Gasteiger partial charge < -0.3 is 11.5 Å². The van der Waals surface area contributed by atoms with Crippen LogP contribution in [0.2, 0.25) is 0 Å². The highest BCUT2D eigenvalue weighted by Crippen LogP contribution is 2.32. The summed E-state index contributed by atoms with van der Waals surface area (Å²) < 4.78 is 0. The number of carbonyl (C=O) groups excluding carboxylic acids is 1. The Kier molecular flexibility index (Phi) is 2.39. The average Bonchev–Trinajstić information content (AvgIpc) is 2.61. The molecule has 0 saturated carbocycles. The molecule has 0 saturated heterocycles. The Balaban J connectivity index is 2.59. The number of amides is 1. The van der Waals surface area contributed by atoms with E-state index in [0.717, 1.165) is 4.88 Å². The Bertz CT molecular complexity index is 493. The van der Waals surface area contributed by atoms with E-state index in [2.05, 4.69) is 4.98 Å². The Morgan fingerprint density at radius 3 is 2.80 bits per heavy atom. The predicted molar refractivity (Wildman–Crippen MR) is 60.5 cm³/mol. The zero-order chi connectivity index (χ0) is 10.8. The van der Waals surface area contributed by atoms with Crippen molar-refractivity contribution in [1.29, 1.82) is 0 Å². The minimum atomic E-state index is -0.519. The number of anilines is 1. The molecule has 2 aromatic heterocycles. The van der Waals surface area contributed by atoms with Gasteiger partial charge in [-0.3, -0.25) is 9.78 Å². The van der Waals surface area contributed by atoms with Crippen LogP contribution in [0.3, 0.4) is 0 Å². The molecule has 0 aliphatic rings. The van der Waals surface area contributed by atoms with E-state index in [0.29, 0.717) is 16.9 Å². The van der Waals surface area contributed by atoms with Crippen LogP contribution in [0.4, 0.5) is 5.69 Å². The third kappa shape index (κ3) is 1.69. The van der Waals surface area contributed by atoms with Gasteiger partial charge in [0.05, 0.1) is 21.8 Å². The number of hydrogen-bond acceptors (Lipinski definition) is 4. The molecular formula is C10H9N3OS. The van der Waals surface area contributed by atoms with Crippen molar-refractivity contribution in [3.05, 3.63) is 35.3 Å². The third-order valence-corrected chi connectivity index (χ3v) is 2.98. The maximum Gasteiger partial charge on any atom is 0.252 e. The molecule has 0 spiro atoms. The summed E-state index contributed by atoms with van der Waals surface area (Å²) in [5.74, 6) is -0.519. The first-order valence-corrected chi connectivity index (χ1v) is 5.16. The van der Waals surface area contributed by atoms with Gasteiger partial charge in [0.25, 0.3) is 5.91 Å². The first kappa shape index (κ1) is 9.67. The van der Waals surface area contributed by atoms with Crippen molar-refractivity contribution in [3.63, 3.8) is 0 Å². The molecule has 0 radical (unpaired) electrons. The number of pyridine rings is 1. The van der Waals surface area contributed by atoms with Crippen LogP contribution in [0, 0.1) is 0 Å². The lowest BCUT2D eigenvalue weighted by molar-refractivity contribution is 0.100. The number of hydrogen-bond donors (Lipinski definition) is 2. The second-order valence-electron chi connectivity index (χ2n) is 2.97. The first-order valence-electron chi connectivity index (χ1n) is 4.28. The van der Waals surface area contributed by atoms with Crippen LogP contribution in [0.15, 0.2) is 29.8 Å². The van der Waals surface area contributed by atoms with E-state index in [1.165, 1.54) is 11.3 Å². The highest BCUT2D eigenvalue weighted by Gasteiger charge is 2.16. The lowest BCUT2D eigenvalue weighted by atomic mass is 10.1. The van der Waals surface area contributed by atoms with E-state index < -0.39 is 5.91 Å². The maximum atomic E-state index is 11.2. The fourth-order valence-corrected chi connectivity index (χ4v) is 2.25. The summed E-state index contributed by atoms with van der Waals surface area (Å²) in [6, 6.07) is 5.48. The zero-order valence-corrected chi connectivity index (χ0v) is 8.62. The van der Waals surface area contributed by atoms with Crippen molar-refractivity contribution in [3.8, 4) is 10.6 Å². The summed E-state index contributed by atoms with van der Waals surface area (Å²) >= 11 is 1.37. The molecule has 0 aliphatic heterocycles. The van der Waals surface area contributed by atoms with Gasteiger partial charge in [-0.2, -0.15) is 0 Å². The fraction of sp³-hybridized carbons (Fsp3) is 0. The summed E-state index contributed by atoms with van der Waals surface area (Å²) in [5, 5.41) is 1.70. The number of nitrogen functional groups attached to an aromatic ring is 1. The van der Waals surface area contributed by atoms with Crippen LogP contribution in [0.5, 0.6) is 0 Å². The van der Waals surface area contributed by atoms with E-state index in [-0.39, 0.29) is 0 Å². The Morgan fingerprint density at radius 2 is 2.20 bits per heavy atom. The molecule has 1 amide bonds. The molecule has 2 heterocycles. The van der Waals surface area contributed by atoms with E-state index in [1.54, 1.807) is 11.6 Å². The van der Waals surface area contributed by atoms with Gasteiger partial charge in [0.15, 0.2) is 0 Å². The Morgan fingerprint density at radius 1 is 1.40 bits per heavy atom. The van der Waals surface area contributed by atoms with Crippen LogP contribution in [-0.4, -0.2) is 10.9 Å². The Hall–Kier alpha value is -1.88. The molecule has 0 unspecified atom stereocenters. The van der Waals surface area contributed by atoms with Crippen molar-refractivity contribution in [2.75, 3.05) is 5.73 Å². The lowest BCUT2D eigenvalue weighted by Gasteiger charge is -1.99. The second kappa shape index (κ2) is 3.70. The molecular weight excluding hydrogens is 210 g/mol. The second-order valence-corrected chi connectivity index (χ2v) is 3.85. The maximum absolute atomic E-state index is 11.2. The molecule has 15 heavy (non-hydrogen) atoms. The predicted octanol–water partition coefficient (Wildman–Crippen LogP) is 1.49. The van der Waals surface area contributed by atoms with Crippen LogP contribution in [0.1, 0.15) is 10.4 Å². The van der Waals surface area contributed by atoms with Crippen molar-refractivity contribution in [2.24, 2.45) is 5.73 Å². The molecule has 0 fully saturated rings. The topological polar surface area (TPSA) is 82.0 Å². The molecule has 4 N–H and O–H groups in total. The minimum absolute atomic E-state index is 0.360. The molecule has 0 atom stereocenters. The number of rotatable bonds is 2. The van der Waals surface area contributed by atoms with Gasteiger partial charge in [0.2, 0.25) is 0 Å². The van der Waals surface area contributed by atoms with Gasteiger partial charge in [0, 0.05) is 11.6 Å². The highest BCUT2D eigenvalue weighted by molar-refractivity contribution is 7.14. The Labute approximate surface area is 90.6 Å². The molecule has 0 aliphatic carbocycles. The standard InChI is InChI=1S/C10H9N3OS/c11-6-5-15-9(8(6)10(12)14)7-3-1-2-4-13-7/h1-5H,11H2,(H2,12,14). The normalized spacial score (nSPS) is 10.1. The van der Waals surface area contributed by atoms with E-state index in [1.807, 2.05) is 18.2 Å². The molecule has 5 heteroatoms. The fourth-order valence-electron chi connectivity index (χ4n) is 1.31. The summed E-state index contributed by atoms with van der Waals surface area (Å²) in [5.41, 5.74) is 12.4. The molecule has 2 aromatic rings. The quantitative estimate of drug-likeness (QED) is 0.802. The van der Waals surface area contributed by atoms with Gasteiger partial charge in [-0.1, -0.05) is 6.07 Å². The van der Waals surface area contributed by atoms with Crippen molar-refractivity contribution < 1.29 is 4.79 Å². The van der Waals surface area contributed by atoms with Crippen LogP contribution in [-0.2, 0) is 0 Å². The summed E-state index contributed by atoms with van der Waals surface area (Å²) in [6.07, 6.45) is 1.66. The molecule has 4 nitrogen and oxygen atoms in total. The monoisotopic (exact) mass is 219 g/mol. The SMILES string of the molecule is NC(=O)c1c(N)csc1-c1ccccn1. The van der Waals surface area contributed by atoms with E-state index >= 15 is 0 Å². The summed E-state index contributed by atoms with van der Waals surface area (Å²) in [4.78, 5) is 16.1.